The summed E-state index contributed by atoms with van der Waals surface area (Å²) in [5.41, 5.74) is 0.535. The monoisotopic (exact) mass is 298 g/mol. The van der Waals surface area contributed by atoms with E-state index in [1.807, 2.05) is 13.0 Å². The molecule has 1 saturated heterocycles. The highest BCUT2D eigenvalue weighted by atomic mass is 35.5. The summed E-state index contributed by atoms with van der Waals surface area (Å²) in [6.45, 7) is 4.98. The van der Waals surface area contributed by atoms with E-state index < -0.39 is 0 Å². The summed E-state index contributed by atoms with van der Waals surface area (Å²) in [6.07, 6.45) is 2.41. The predicted octanol–water partition coefficient (Wildman–Crippen LogP) is -0.660. The number of methoxy groups -OCH3 is 1. The molecule has 0 bridgehead atoms. The third-order valence-corrected chi connectivity index (χ3v) is 3.33. The number of benzene rings is 1. The molecule has 112 valence electrons. The first-order valence-corrected chi connectivity index (χ1v) is 6.76. The van der Waals surface area contributed by atoms with Gasteiger partial charge in [-0.25, -0.2) is 4.79 Å². The van der Waals surface area contributed by atoms with Gasteiger partial charge >= 0.3 is 5.97 Å². The predicted molar refractivity (Wildman–Crippen MR) is 73.5 cm³/mol. The number of carbonyl (C=O) groups excluding carboxylic acids is 1. The van der Waals surface area contributed by atoms with Gasteiger partial charge in [0.25, 0.3) is 0 Å². The van der Waals surface area contributed by atoms with E-state index in [1.54, 1.807) is 25.3 Å². The molecule has 1 unspecified atom stereocenters. The Morgan fingerprint density at radius 3 is 2.70 bits per heavy atom. The van der Waals surface area contributed by atoms with E-state index in [2.05, 4.69) is 4.90 Å². The second-order valence-corrected chi connectivity index (χ2v) is 4.96. The van der Waals surface area contributed by atoms with Gasteiger partial charge in [-0.1, -0.05) is 6.07 Å². The molecular weight excluding hydrogens is 278 g/mol. The number of ether oxygens (including phenoxy) is 2. The second-order valence-electron chi connectivity index (χ2n) is 4.96. The van der Waals surface area contributed by atoms with Crippen LogP contribution in [0.25, 0.3) is 0 Å². The molecule has 5 heteroatoms. The van der Waals surface area contributed by atoms with E-state index in [-0.39, 0.29) is 24.5 Å². The molecular formula is C15H21ClNO3-. The van der Waals surface area contributed by atoms with Gasteiger partial charge in [0.05, 0.1) is 12.7 Å². The van der Waals surface area contributed by atoms with E-state index in [1.165, 1.54) is 12.8 Å². The first-order chi connectivity index (χ1) is 9.19. The minimum Gasteiger partial charge on any atom is -1.00 e. The van der Waals surface area contributed by atoms with Crippen molar-refractivity contribution in [1.29, 1.82) is 0 Å². The van der Waals surface area contributed by atoms with Crippen molar-refractivity contribution in [2.45, 2.75) is 25.9 Å². The SMILES string of the molecule is COc1cccc(C(=O)OC(C)CN2CCCC2)c1.[Cl-]. The summed E-state index contributed by atoms with van der Waals surface area (Å²) in [5.74, 6) is 0.382. The quantitative estimate of drug-likeness (QED) is 0.677. The second kappa shape index (κ2) is 8.12. The van der Waals surface area contributed by atoms with Crippen LogP contribution in [-0.2, 0) is 4.74 Å². The van der Waals surface area contributed by atoms with E-state index in [0.29, 0.717) is 11.3 Å². The van der Waals surface area contributed by atoms with Gasteiger partial charge in [-0.2, -0.15) is 0 Å². The maximum Gasteiger partial charge on any atom is 0.338 e. The molecule has 1 aromatic rings. The van der Waals surface area contributed by atoms with E-state index in [4.69, 9.17) is 9.47 Å². The number of nitrogens with zero attached hydrogens (tertiary/aromatic N) is 1. The highest BCUT2D eigenvalue weighted by molar-refractivity contribution is 5.89. The van der Waals surface area contributed by atoms with Crippen molar-refractivity contribution in [1.82, 2.24) is 4.90 Å². The van der Waals surface area contributed by atoms with E-state index in [9.17, 15) is 4.79 Å². The van der Waals surface area contributed by atoms with Crippen LogP contribution in [0.15, 0.2) is 24.3 Å². The van der Waals surface area contributed by atoms with Gasteiger partial charge in [-0.05, 0) is 51.1 Å². The Morgan fingerprint density at radius 1 is 1.35 bits per heavy atom. The molecule has 2 rings (SSSR count). The normalized spacial score (nSPS) is 16.3. The molecule has 1 fully saturated rings. The first-order valence-electron chi connectivity index (χ1n) is 6.76. The molecule has 1 atom stereocenters. The lowest BCUT2D eigenvalue weighted by molar-refractivity contribution is -0.0000398. The molecule has 1 aliphatic heterocycles. The molecule has 0 radical (unpaired) electrons. The summed E-state index contributed by atoms with van der Waals surface area (Å²) in [4.78, 5) is 14.3. The number of hydrogen-bond donors (Lipinski definition) is 0. The summed E-state index contributed by atoms with van der Waals surface area (Å²) in [5, 5.41) is 0. The Hall–Kier alpha value is -1.26. The molecule has 1 aliphatic rings. The lowest BCUT2D eigenvalue weighted by atomic mass is 10.2. The Labute approximate surface area is 126 Å². The summed E-state index contributed by atoms with van der Waals surface area (Å²) < 4.78 is 10.6. The molecule has 0 aliphatic carbocycles. The van der Waals surface area contributed by atoms with Crippen molar-refractivity contribution in [2.24, 2.45) is 0 Å². The van der Waals surface area contributed by atoms with Crippen LogP contribution in [0.1, 0.15) is 30.1 Å². The first kappa shape index (κ1) is 16.8. The fraction of sp³-hybridized carbons (Fsp3) is 0.533. The van der Waals surface area contributed by atoms with Crippen LogP contribution < -0.4 is 17.1 Å². The van der Waals surface area contributed by atoms with Crippen molar-refractivity contribution in [2.75, 3.05) is 26.7 Å². The lowest BCUT2D eigenvalue weighted by Crippen LogP contribution is -3.00. The van der Waals surface area contributed by atoms with E-state index in [0.717, 1.165) is 19.6 Å². The molecule has 0 saturated carbocycles. The average molecular weight is 299 g/mol. The van der Waals surface area contributed by atoms with Gasteiger partial charge in [0, 0.05) is 6.54 Å². The molecule has 1 heterocycles. The van der Waals surface area contributed by atoms with Crippen LogP contribution >= 0.6 is 0 Å². The molecule has 1 aromatic carbocycles. The topological polar surface area (TPSA) is 38.8 Å². The standard InChI is InChI=1S/C15H21NO3.ClH/c1-12(11-16-8-3-4-9-16)19-15(17)13-6-5-7-14(10-13)18-2;/h5-7,10,12H,3-4,8-9,11H2,1-2H3;1H/p-1. The molecule has 20 heavy (non-hydrogen) atoms. The van der Waals surface area contributed by atoms with Gasteiger partial charge in [-0.3, -0.25) is 4.90 Å². The number of carbonyl (C=O) groups is 1. The smallest absolute Gasteiger partial charge is 0.338 e. The maximum atomic E-state index is 12.0. The van der Waals surface area contributed by atoms with Gasteiger partial charge in [0.2, 0.25) is 0 Å². The summed E-state index contributed by atoms with van der Waals surface area (Å²) >= 11 is 0. The number of hydrogen-bond acceptors (Lipinski definition) is 4. The number of halogens is 1. The Bertz CT molecular complexity index is 433. The highest BCUT2D eigenvalue weighted by Crippen LogP contribution is 2.15. The largest absolute Gasteiger partial charge is 1.00 e. The van der Waals surface area contributed by atoms with Gasteiger partial charge < -0.3 is 21.9 Å². The maximum absolute atomic E-state index is 12.0. The third-order valence-electron chi connectivity index (χ3n) is 3.33. The van der Waals surface area contributed by atoms with Crippen molar-refractivity contribution >= 4 is 5.97 Å². The highest BCUT2D eigenvalue weighted by Gasteiger charge is 2.18. The number of likely N-dealkylation sites (tertiary alicyclic amines) is 1. The van der Waals surface area contributed by atoms with Gasteiger partial charge in [0.15, 0.2) is 0 Å². The molecule has 0 N–H and O–H groups in total. The zero-order chi connectivity index (χ0) is 13.7. The van der Waals surface area contributed by atoms with Crippen molar-refractivity contribution in [3.8, 4) is 5.75 Å². The minimum atomic E-state index is -0.286. The van der Waals surface area contributed by atoms with Crippen LogP contribution in [0.4, 0.5) is 0 Å². The lowest BCUT2D eigenvalue weighted by Gasteiger charge is -2.20. The van der Waals surface area contributed by atoms with Crippen molar-refractivity contribution in [3.05, 3.63) is 29.8 Å². The summed E-state index contributed by atoms with van der Waals surface area (Å²) in [6, 6.07) is 7.04. The third kappa shape index (κ3) is 4.69. The minimum absolute atomic E-state index is 0. The molecule has 0 amide bonds. The van der Waals surface area contributed by atoms with Gasteiger partial charge in [-0.15, -0.1) is 0 Å². The Balaban J connectivity index is 0.00000200. The van der Waals surface area contributed by atoms with Gasteiger partial charge in [0.1, 0.15) is 11.9 Å². The number of rotatable bonds is 5. The molecule has 4 nitrogen and oxygen atoms in total. The Morgan fingerprint density at radius 2 is 2.05 bits per heavy atom. The summed E-state index contributed by atoms with van der Waals surface area (Å²) in [7, 11) is 1.58. The molecule has 0 aromatic heterocycles. The van der Waals surface area contributed by atoms with Crippen LogP contribution in [0.3, 0.4) is 0 Å². The van der Waals surface area contributed by atoms with E-state index >= 15 is 0 Å². The zero-order valence-electron chi connectivity index (χ0n) is 12.0. The van der Waals surface area contributed by atoms with Crippen LogP contribution in [0.2, 0.25) is 0 Å². The van der Waals surface area contributed by atoms with Crippen LogP contribution in [0.5, 0.6) is 5.75 Å². The van der Waals surface area contributed by atoms with Crippen LogP contribution in [-0.4, -0.2) is 43.7 Å². The Kier molecular flexibility index (Phi) is 6.82. The fourth-order valence-corrected chi connectivity index (χ4v) is 2.37. The molecule has 0 spiro atoms. The average Bonchev–Trinajstić information content (AvgIpc) is 2.91. The fourth-order valence-electron chi connectivity index (χ4n) is 2.37. The zero-order valence-corrected chi connectivity index (χ0v) is 12.7. The van der Waals surface area contributed by atoms with Crippen molar-refractivity contribution in [3.63, 3.8) is 0 Å². The van der Waals surface area contributed by atoms with Crippen LogP contribution in [0, 0.1) is 0 Å². The van der Waals surface area contributed by atoms with Crippen molar-refractivity contribution < 1.29 is 26.7 Å². The number of esters is 1.